The first-order valence-corrected chi connectivity index (χ1v) is 6.13. The molecular formula is C11H7FO4S. The average molecular weight is 254 g/mol. The zero-order valence-corrected chi connectivity index (χ0v) is 9.24. The summed E-state index contributed by atoms with van der Waals surface area (Å²) in [6, 6.07) is 5.57. The monoisotopic (exact) mass is 254 g/mol. The van der Waals surface area contributed by atoms with Gasteiger partial charge in [0.25, 0.3) is 0 Å². The van der Waals surface area contributed by atoms with Gasteiger partial charge < -0.3 is 5.11 Å². The molecule has 17 heavy (non-hydrogen) atoms. The molecule has 2 rings (SSSR count). The molecule has 0 atom stereocenters. The highest BCUT2D eigenvalue weighted by Gasteiger charge is 2.29. The van der Waals surface area contributed by atoms with Crippen LogP contribution in [0.15, 0.2) is 40.7 Å². The van der Waals surface area contributed by atoms with Crippen LogP contribution >= 0.6 is 0 Å². The minimum Gasteiger partial charge on any atom is -0.477 e. The summed E-state index contributed by atoms with van der Waals surface area (Å²) in [5, 5.41) is 9.47. The zero-order chi connectivity index (χ0) is 12.6. The second-order valence-electron chi connectivity index (χ2n) is 3.41. The number of carboxylic acid groups (broad SMARTS) is 1. The summed E-state index contributed by atoms with van der Waals surface area (Å²) in [4.78, 5) is 9.96. The van der Waals surface area contributed by atoms with E-state index in [4.69, 9.17) is 5.11 Å². The summed E-state index contributed by atoms with van der Waals surface area (Å²) >= 11 is 0. The van der Waals surface area contributed by atoms with Crippen LogP contribution in [-0.4, -0.2) is 19.5 Å². The molecule has 1 aliphatic rings. The second-order valence-corrected chi connectivity index (χ2v) is 5.18. The first-order valence-electron chi connectivity index (χ1n) is 4.58. The molecule has 0 unspecified atom stereocenters. The van der Waals surface area contributed by atoms with E-state index >= 15 is 0 Å². The molecule has 0 spiro atoms. The van der Waals surface area contributed by atoms with E-state index in [1.54, 1.807) is 6.07 Å². The van der Waals surface area contributed by atoms with Gasteiger partial charge in [0.05, 0.1) is 0 Å². The average Bonchev–Trinajstić information content (AvgIpc) is 2.55. The van der Waals surface area contributed by atoms with Crippen molar-refractivity contribution >= 4 is 21.4 Å². The molecule has 0 aliphatic carbocycles. The SMILES string of the molecule is O=C(O)C1=CC(c2ccccc2F)=CS1(=O)=O. The summed E-state index contributed by atoms with van der Waals surface area (Å²) in [7, 11) is -3.97. The predicted octanol–water partition coefficient (Wildman–Crippen LogP) is 1.56. The molecule has 1 aromatic rings. The molecule has 0 amide bonds. The maximum atomic E-state index is 13.4. The fraction of sp³-hybridized carbons (Fsp3) is 0. The van der Waals surface area contributed by atoms with Crippen molar-refractivity contribution < 1.29 is 22.7 Å². The van der Waals surface area contributed by atoms with E-state index < -0.39 is 26.5 Å². The Morgan fingerprint density at radius 1 is 1.24 bits per heavy atom. The third kappa shape index (κ3) is 1.99. The Morgan fingerprint density at radius 3 is 2.41 bits per heavy atom. The number of hydrogen-bond donors (Lipinski definition) is 1. The fourth-order valence-electron chi connectivity index (χ4n) is 1.51. The number of carboxylic acids is 1. The molecule has 1 N–H and O–H groups in total. The van der Waals surface area contributed by atoms with Gasteiger partial charge in [-0.3, -0.25) is 0 Å². The van der Waals surface area contributed by atoms with E-state index in [1.165, 1.54) is 18.2 Å². The smallest absolute Gasteiger partial charge is 0.347 e. The number of allylic oxidation sites excluding steroid dienone is 2. The van der Waals surface area contributed by atoms with Gasteiger partial charge in [0.2, 0.25) is 9.84 Å². The Balaban J connectivity index is 2.59. The van der Waals surface area contributed by atoms with E-state index in [0.717, 1.165) is 11.5 Å². The number of aliphatic carboxylic acids is 1. The summed E-state index contributed by atoms with van der Waals surface area (Å²) in [5.41, 5.74) is 0.104. The van der Waals surface area contributed by atoms with E-state index in [9.17, 15) is 17.6 Å². The molecule has 88 valence electrons. The Morgan fingerprint density at radius 2 is 1.88 bits per heavy atom. The van der Waals surface area contributed by atoms with Gasteiger partial charge >= 0.3 is 5.97 Å². The Hall–Kier alpha value is -1.95. The number of sulfone groups is 1. The van der Waals surface area contributed by atoms with Gasteiger partial charge in [-0.25, -0.2) is 17.6 Å². The maximum Gasteiger partial charge on any atom is 0.347 e. The molecule has 6 heteroatoms. The number of hydrogen-bond acceptors (Lipinski definition) is 3. The van der Waals surface area contributed by atoms with Crippen molar-refractivity contribution in [2.75, 3.05) is 0 Å². The molecule has 0 aromatic heterocycles. The maximum absolute atomic E-state index is 13.4. The lowest BCUT2D eigenvalue weighted by Gasteiger charge is -1.99. The Bertz CT molecular complexity index is 656. The van der Waals surface area contributed by atoms with Gasteiger partial charge in [-0.2, -0.15) is 0 Å². The molecule has 4 nitrogen and oxygen atoms in total. The van der Waals surface area contributed by atoms with Crippen LogP contribution in [-0.2, 0) is 14.6 Å². The van der Waals surface area contributed by atoms with Crippen molar-refractivity contribution in [2.24, 2.45) is 0 Å². The van der Waals surface area contributed by atoms with Gasteiger partial charge in [-0.15, -0.1) is 0 Å². The predicted molar refractivity (Wildman–Crippen MR) is 59.0 cm³/mol. The molecule has 1 aromatic carbocycles. The van der Waals surface area contributed by atoms with Crippen LogP contribution in [0.1, 0.15) is 5.56 Å². The molecule has 0 saturated carbocycles. The highest BCUT2D eigenvalue weighted by atomic mass is 32.2. The van der Waals surface area contributed by atoms with E-state index in [0.29, 0.717) is 0 Å². The van der Waals surface area contributed by atoms with Crippen LogP contribution in [0, 0.1) is 5.82 Å². The number of carbonyl (C=O) groups is 1. The lowest BCUT2D eigenvalue weighted by atomic mass is 10.1. The molecule has 0 saturated heterocycles. The van der Waals surface area contributed by atoms with Crippen LogP contribution in [0.4, 0.5) is 4.39 Å². The summed E-state index contributed by atoms with van der Waals surface area (Å²) in [5.74, 6) is -2.15. The summed E-state index contributed by atoms with van der Waals surface area (Å²) in [6.07, 6.45) is 0.954. The fourth-order valence-corrected chi connectivity index (χ4v) is 2.70. The Labute approximate surface area is 96.6 Å². The van der Waals surface area contributed by atoms with Crippen LogP contribution in [0.5, 0.6) is 0 Å². The topological polar surface area (TPSA) is 71.4 Å². The van der Waals surface area contributed by atoms with Gasteiger partial charge in [0.15, 0.2) is 4.91 Å². The normalized spacial score (nSPS) is 17.5. The third-order valence-corrected chi connectivity index (χ3v) is 3.74. The minimum atomic E-state index is -3.97. The minimum absolute atomic E-state index is 0.0421. The quantitative estimate of drug-likeness (QED) is 0.869. The van der Waals surface area contributed by atoms with Crippen LogP contribution in [0.3, 0.4) is 0 Å². The van der Waals surface area contributed by atoms with Crippen LogP contribution < -0.4 is 0 Å². The molecule has 0 fully saturated rings. The van der Waals surface area contributed by atoms with Crippen molar-refractivity contribution in [3.63, 3.8) is 0 Å². The van der Waals surface area contributed by atoms with Crippen molar-refractivity contribution in [1.29, 1.82) is 0 Å². The Kier molecular flexibility index (Phi) is 2.59. The van der Waals surface area contributed by atoms with Gasteiger partial charge in [-0.05, 0) is 17.7 Å². The van der Waals surface area contributed by atoms with Crippen molar-refractivity contribution in [3.05, 3.63) is 52.0 Å². The highest BCUT2D eigenvalue weighted by Crippen LogP contribution is 2.30. The van der Waals surface area contributed by atoms with Crippen molar-refractivity contribution in [1.82, 2.24) is 0 Å². The van der Waals surface area contributed by atoms with Crippen LogP contribution in [0.2, 0.25) is 0 Å². The molecule has 0 radical (unpaired) electrons. The molecular weight excluding hydrogens is 247 g/mol. The number of benzene rings is 1. The number of rotatable bonds is 2. The lowest BCUT2D eigenvalue weighted by molar-refractivity contribution is -0.131. The van der Waals surface area contributed by atoms with E-state index in [1.807, 2.05) is 0 Å². The van der Waals surface area contributed by atoms with Crippen molar-refractivity contribution in [3.8, 4) is 0 Å². The zero-order valence-electron chi connectivity index (χ0n) is 8.42. The molecule has 1 aliphatic heterocycles. The van der Waals surface area contributed by atoms with Gasteiger partial charge in [0.1, 0.15) is 5.82 Å². The van der Waals surface area contributed by atoms with Gasteiger partial charge in [0, 0.05) is 11.0 Å². The molecule has 1 heterocycles. The van der Waals surface area contributed by atoms with E-state index in [-0.39, 0.29) is 11.1 Å². The standard InChI is InChI=1S/C11H7FO4S/c12-9-4-2-1-3-8(9)7-5-10(11(13)14)17(15,16)6-7/h1-6H,(H,13,14). The third-order valence-electron chi connectivity index (χ3n) is 2.27. The largest absolute Gasteiger partial charge is 0.477 e. The summed E-state index contributed by atoms with van der Waals surface area (Å²) in [6.45, 7) is 0. The molecule has 0 bridgehead atoms. The summed E-state index contributed by atoms with van der Waals surface area (Å²) < 4.78 is 36.3. The number of halogens is 1. The lowest BCUT2D eigenvalue weighted by Crippen LogP contribution is -2.07. The van der Waals surface area contributed by atoms with Crippen molar-refractivity contribution in [2.45, 2.75) is 0 Å². The van der Waals surface area contributed by atoms with E-state index in [2.05, 4.69) is 0 Å². The first kappa shape index (κ1) is 11.5. The van der Waals surface area contributed by atoms with Gasteiger partial charge in [-0.1, -0.05) is 18.2 Å². The van der Waals surface area contributed by atoms with Crippen LogP contribution in [0.25, 0.3) is 5.57 Å². The first-order chi connectivity index (χ1) is 7.92. The second kappa shape index (κ2) is 3.81. The highest BCUT2D eigenvalue weighted by molar-refractivity contribution is 7.99.